The van der Waals surface area contributed by atoms with Crippen molar-refractivity contribution in [2.45, 2.75) is 47.1 Å². The van der Waals surface area contributed by atoms with Gasteiger partial charge in [0.2, 0.25) is 0 Å². The van der Waals surface area contributed by atoms with Crippen LogP contribution in [0.3, 0.4) is 0 Å². The van der Waals surface area contributed by atoms with Crippen LogP contribution in [-0.4, -0.2) is 10.7 Å². The summed E-state index contributed by atoms with van der Waals surface area (Å²) in [5.41, 5.74) is 3.27. The van der Waals surface area contributed by atoms with E-state index in [2.05, 4.69) is 76.6 Å². The molecule has 0 saturated heterocycles. The van der Waals surface area contributed by atoms with Gasteiger partial charge in [0, 0.05) is 11.8 Å². The third-order valence-corrected chi connectivity index (χ3v) is 4.94. The van der Waals surface area contributed by atoms with Crippen molar-refractivity contribution in [1.29, 1.82) is 0 Å². The molecule has 3 rings (SSSR count). The fourth-order valence-electron chi connectivity index (χ4n) is 2.44. The summed E-state index contributed by atoms with van der Waals surface area (Å²) in [6.07, 6.45) is 4.11. The highest BCUT2D eigenvalue weighted by atomic mass is 16.3. The van der Waals surface area contributed by atoms with Gasteiger partial charge in [0.25, 0.3) is 0 Å². The predicted octanol–water partition coefficient (Wildman–Crippen LogP) is 5.38. The van der Waals surface area contributed by atoms with Crippen LogP contribution in [0.15, 0.2) is 48.0 Å². The Labute approximate surface area is 134 Å². The van der Waals surface area contributed by atoms with Gasteiger partial charge >= 0.3 is 0 Å². The summed E-state index contributed by atoms with van der Waals surface area (Å²) in [4.78, 5) is 0. The molecule has 1 N–H and O–H groups in total. The lowest BCUT2D eigenvalue weighted by molar-refractivity contribution is -0.0103. The van der Waals surface area contributed by atoms with E-state index in [0.717, 1.165) is 0 Å². The van der Waals surface area contributed by atoms with Crippen LogP contribution < -0.4 is 0 Å². The third kappa shape index (κ3) is 3.41. The zero-order chi connectivity index (χ0) is 16.5. The molecule has 0 aliphatic heterocycles. The number of benzene rings is 2. The molecule has 0 unspecified atom stereocenters. The number of allylic oxidation sites excluding steroid dienone is 1. The van der Waals surface area contributed by atoms with Crippen LogP contribution in [0.4, 0.5) is 0 Å². The molecule has 0 bridgehead atoms. The Morgan fingerprint density at radius 1 is 0.773 bits per heavy atom. The van der Waals surface area contributed by atoms with Crippen LogP contribution in [0.2, 0.25) is 0 Å². The number of aryl methyl sites for hydroxylation is 2. The number of fused-ring (bicyclic) bond motifs is 1. The lowest BCUT2D eigenvalue weighted by Gasteiger charge is -2.35. The molecule has 0 atom stereocenters. The first-order valence-electron chi connectivity index (χ1n) is 7.87. The van der Waals surface area contributed by atoms with Gasteiger partial charge in [0.1, 0.15) is 0 Å². The van der Waals surface area contributed by atoms with Gasteiger partial charge in [0.05, 0.1) is 5.60 Å². The Bertz CT molecular complexity index is 658. The molecule has 1 aliphatic carbocycles. The number of aliphatic hydroxyl groups is 1. The van der Waals surface area contributed by atoms with Gasteiger partial charge < -0.3 is 5.11 Å². The minimum atomic E-state index is -0.619. The topological polar surface area (TPSA) is 20.2 Å². The molecule has 1 heteroatoms. The summed E-state index contributed by atoms with van der Waals surface area (Å²) in [6, 6.07) is 12.9. The predicted molar refractivity (Wildman–Crippen MR) is 95.9 cm³/mol. The number of hydrogen-bond acceptors (Lipinski definition) is 1. The van der Waals surface area contributed by atoms with E-state index in [9.17, 15) is 5.11 Å². The summed E-state index contributed by atoms with van der Waals surface area (Å²) < 4.78 is 0. The maximum absolute atomic E-state index is 9.70. The van der Waals surface area contributed by atoms with Crippen LogP contribution in [0.5, 0.6) is 0 Å². The SMILES string of the molecule is CC(C)(O)C(C)(C)C1=C[CH]1.Cc1cccc2c(C)cccc12. The normalized spacial score (nSPS) is 14.2. The molecule has 0 spiro atoms. The first-order chi connectivity index (χ1) is 10.1. The monoisotopic (exact) mass is 295 g/mol. The first kappa shape index (κ1) is 16.8. The van der Waals surface area contributed by atoms with Crippen LogP contribution in [-0.2, 0) is 0 Å². The quantitative estimate of drug-likeness (QED) is 0.788. The average molecular weight is 295 g/mol. The molecule has 0 aromatic heterocycles. The van der Waals surface area contributed by atoms with Gasteiger partial charge in [0.15, 0.2) is 0 Å². The Balaban J connectivity index is 0.000000164. The van der Waals surface area contributed by atoms with Crippen molar-refractivity contribution in [3.8, 4) is 0 Å². The van der Waals surface area contributed by atoms with E-state index < -0.39 is 5.60 Å². The molecule has 2 aromatic carbocycles. The van der Waals surface area contributed by atoms with Gasteiger partial charge in [-0.1, -0.05) is 61.9 Å². The summed E-state index contributed by atoms with van der Waals surface area (Å²) in [5.74, 6) is 0. The van der Waals surface area contributed by atoms with E-state index in [1.165, 1.54) is 27.5 Å². The van der Waals surface area contributed by atoms with Gasteiger partial charge in [-0.2, -0.15) is 0 Å². The van der Waals surface area contributed by atoms with E-state index in [4.69, 9.17) is 0 Å². The first-order valence-corrected chi connectivity index (χ1v) is 7.87. The summed E-state index contributed by atoms with van der Waals surface area (Å²) in [5, 5.41) is 12.4. The van der Waals surface area contributed by atoms with Crippen molar-refractivity contribution in [2.75, 3.05) is 0 Å². The Hall–Kier alpha value is -1.60. The van der Waals surface area contributed by atoms with Gasteiger partial charge in [-0.25, -0.2) is 0 Å². The molecule has 0 saturated carbocycles. The van der Waals surface area contributed by atoms with Crippen LogP contribution in [0, 0.1) is 25.7 Å². The zero-order valence-corrected chi connectivity index (χ0v) is 14.6. The van der Waals surface area contributed by atoms with Crippen LogP contribution in [0.1, 0.15) is 38.8 Å². The number of hydrogen-bond donors (Lipinski definition) is 1. The van der Waals surface area contributed by atoms with Gasteiger partial charge in [-0.05, 0) is 49.6 Å². The molecule has 2 aromatic rings. The molecular weight excluding hydrogens is 268 g/mol. The third-order valence-electron chi connectivity index (χ3n) is 4.94. The fraction of sp³-hybridized carbons (Fsp3) is 0.381. The van der Waals surface area contributed by atoms with Crippen molar-refractivity contribution in [3.63, 3.8) is 0 Å². The molecule has 0 heterocycles. The maximum Gasteiger partial charge on any atom is 0.0679 e. The molecule has 1 aliphatic rings. The molecule has 1 nitrogen and oxygen atoms in total. The van der Waals surface area contributed by atoms with Crippen LogP contribution >= 0.6 is 0 Å². The fourth-order valence-corrected chi connectivity index (χ4v) is 2.44. The van der Waals surface area contributed by atoms with E-state index >= 15 is 0 Å². The van der Waals surface area contributed by atoms with Crippen molar-refractivity contribution >= 4 is 10.8 Å². The smallest absolute Gasteiger partial charge is 0.0679 e. The average Bonchev–Trinajstić information content (AvgIpc) is 3.24. The van der Waals surface area contributed by atoms with Crippen LogP contribution in [0.25, 0.3) is 10.8 Å². The standard InChI is InChI=1S/C12H12.C9H15O/c1-9-5-3-8-12-10(2)6-4-7-11(9)12;1-8(2,7-5-6-7)9(3,4)10/h3-8H,1-2H3;5-6,10H,1-4H3. The van der Waals surface area contributed by atoms with E-state index in [1.54, 1.807) is 0 Å². The molecule has 1 radical (unpaired) electrons. The highest BCUT2D eigenvalue weighted by Gasteiger charge is 2.41. The van der Waals surface area contributed by atoms with Crippen molar-refractivity contribution < 1.29 is 5.11 Å². The second kappa shape index (κ2) is 5.89. The zero-order valence-electron chi connectivity index (χ0n) is 14.6. The largest absolute Gasteiger partial charge is 0.390 e. The van der Waals surface area contributed by atoms with Crippen molar-refractivity contribution in [1.82, 2.24) is 0 Å². The summed E-state index contributed by atoms with van der Waals surface area (Å²) in [6.45, 7) is 12.1. The molecule has 0 amide bonds. The lowest BCUT2D eigenvalue weighted by Crippen LogP contribution is -2.38. The van der Waals surface area contributed by atoms with Gasteiger partial charge in [-0.3, -0.25) is 0 Å². The Morgan fingerprint density at radius 2 is 1.18 bits per heavy atom. The summed E-state index contributed by atoms with van der Waals surface area (Å²) in [7, 11) is 0. The minimum absolute atomic E-state index is 0.0903. The highest BCUT2D eigenvalue weighted by Crippen LogP contribution is 2.44. The second-order valence-electron chi connectivity index (χ2n) is 7.22. The lowest BCUT2D eigenvalue weighted by atomic mass is 9.75. The number of rotatable bonds is 2. The second-order valence-corrected chi connectivity index (χ2v) is 7.22. The van der Waals surface area contributed by atoms with Crippen molar-refractivity contribution in [3.05, 3.63) is 65.6 Å². The Morgan fingerprint density at radius 3 is 1.45 bits per heavy atom. The summed E-state index contributed by atoms with van der Waals surface area (Å²) >= 11 is 0. The molecule has 22 heavy (non-hydrogen) atoms. The van der Waals surface area contributed by atoms with Crippen molar-refractivity contribution in [2.24, 2.45) is 5.41 Å². The molecule has 117 valence electrons. The van der Waals surface area contributed by atoms with E-state index in [1.807, 2.05) is 13.8 Å². The van der Waals surface area contributed by atoms with E-state index in [0.29, 0.717) is 0 Å². The van der Waals surface area contributed by atoms with Gasteiger partial charge in [-0.15, -0.1) is 0 Å². The molecular formula is C21H27O. The molecule has 0 fully saturated rings. The maximum atomic E-state index is 9.70. The Kier molecular flexibility index (Phi) is 4.49. The minimum Gasteiger partial charge on any atom is -0.390 e. The van der Waals surface area contributed by atoms with E-state index in [-0.39, 0.29) is 5.41 Å². The highest BCUT2D eigenvalue weighted by molar-refractivity contribution is 5.88.